The van der Waals surface area contributed by atoms with E-state index in [1.807, 2.05) is 35.2 Å². The van der Waals surface area contributed by atoms with Crippen molar-refractivity contribution in [3.63, 3.8) is 0 Å². The van der Waals surface area contributed by atoms with E-state index in [9.17, 15) is 14.4 Å². The van der Waals surface area contributed by atoms with Gasteiger partial charge in [0, 0.05) is 6.54 Å². The van der Waals surface area contributed by atoms with Crippen LogP contribution in [0.15, 0.2) is 30.3 Å². The van der Waals surface area contributed by atoms with Crippen LogP contribution < -0.4 is 5.32 Å². The quantitative estimate of drug-likeness (QED) is 0.857. The summed E-state index contributed by atoms with van der Waals surface area (Å²) in [5.41, 5.74) is 0.360. The molecule has 3 fully saturated rings. The molecular weight excluding hydrogens is 318 g/mol. The minimum atomic E-state index is -0.749. The zero-order valence-electron chi connectivity index (χ0n) is 14.2. The number of imide groups is 1. The third-order valence-electron chi connectivity index (χ3n) is 5.75. The summed E-state index contributed by atoms with van der Waals surface area (Å²) in [4.78, 5) is 40.8. The van der Waals surface area contributed by atoms with Gasteiger partial charge in [0.15, 0.2) is 0 Å². The van der Waals surface area contributed by atoms with Crippen molar-refractivity contribution in [2.24, 2.45) is 0 Å². The molecule has 6 heteroatoms. The molecule has 1 aromatic carbocycles. The van der Waals surface area contributed by atoms with Crippen LogP contribution in [0.1, 0.15) is 50.1 Å². The van der Waals surface area contributed by atoms with Crippen molar-refractivity contribution >= 4 is 17.8 Å². The van der Waals surface area contributed by atoms with Crippen LogP contribution in [0.25, 0.3) is 0 Å². The summed E-state index contributed by atoms with van der Waals surface area (Å²) in [6, 6.07) is 9.56. The maximum atomic E-state index is 12.8. The lowest BCUT2D eigenvalue weighted by Crippen LogP contribution is -2.46. The summed E-state index contributed by atoms with van der Waals surface area (Å²) in [5.74, 6) is -0.372. The monoisotopic (exact) mass is 341 g/mol. The molecule has 2 aliphatic heterocycles. The van der Waals surface area contributed by atoms with Gasteiger partial charge in [-0.1, -0.05) is 43.2 Å². The standard InChI is InChI=1S/C19H23N3O3/c23-16(21-12-6-9-15(21)14-7-2-1-3-8-14)13-22-17(24)19(20-18(22)25)10-4-5-11-19/h1-3,7-8,15H,4-6,9-13H2,(H,20,25)/t15-/m1/s1. The molecule has 0 radical (unpaired) electrons. The van der Waals surface area contributed by atoms with Crippen molar-refractivity contribution in [1.29, 1.82) is 0 Å². The van der Waals surface area contributed by atoms with Crippen LogP contribution in [0, 0.1) is 0 Å². The van der Waals surface area contributed by atoms with Gasteiger partial charge in [-0.15, -0.1) is 0 Å². The first kappa shape index (κ1) is 16.1. The van der Waals surface area contributed by atoms with Crippen LogP contribution in [-0.2, 0) is 9.59 Å². The van der Waals surface area contributed by atoms with Crippen molar-refractivity contribution in [3.8, 4) is 0 Å². The van der Waals surface area contributed by atoms with E-state index in [0.717, 1.165) is 36.1 Å². The molecule has 2 heterocycles. The maximum absolute atomic E-state index is 12.8. The average Bonchev–Trinajstić information content (AvgIpc) is 3.33. The number of carbonyl (C=O) groups is 3. The van der Waals surface area contributed by atoms with Gasteiger partial charge in [-0.05, 0) is 31.2 Å². The molecule has 1 aromatic rings. The topological polar surface area (TPSA) is 69.7 Å². The molecule has 6 nitrogen and oxygen atoms in total. The summed E-state index contributed by atoms with van der Waals surface area (Å²) in [7, 11) is 0. The molecule has 4 amide bonds. The molecule has 3 aliphatic rings. The third-order valence-corrected chi connectivity index (χ3v) is 5.75. The molecule has 1 aliphatic carbocycles. The highest BCUT2D eigenvalue weighted by molar-refractivity contribution is 6.09. The van der Waals surface area contributed by atoms with Gasteiger partial charge in [-0.3, -0.25) is 14.5 Å². The Bertz CT molecular complexity index is 697. The molecule has 4 rings (SSSR count). The number of urea groups is 1. The van der Waals surface area contributed by atoms with Gasteiger partial charge in [0.05, 0.1) is 6.04 Å². The number of nitrogens with one attached hydrogen (secondary N) is 1. The molecular formula is C19H23N3O3. The smallest absolute Gasteiger partial charge is 0.325 e. The van der Waals surface area contributed by atoms with Crippen LogP contribution in [0.2, 0.25) is 0 Å². The lowest BCUT2D eigenvalue weighted by atomic mass is 9.98. The number of hydrogen-bond donors (Lipinski definition) is 1. The fourth-order valence-electron chi connectivity index (χ4n) is 4.45. The van der Waals surface area contributed by atoms with E-state index in [1.54, 1.807) is 0 Å². The molecule has 2 saturated heterocycles. The zero-order valence-corrected chi connectivity index (χ0v) is 14.2. The van der Waals surface area contributed by atoms with Crippen LogP contribution >= 0.6 is 0 Å². The predicted molar refractivity (Wildman–Crippen MR) is 91.6 cm³/mol. The van der Waals surface area contributed by atoms with E-state index in [-0.39, 0.29) is 24.4 Å². The van der Waals surface area contributed by atoms with Gasteiger partial charge >= 0.3 is 6.03 Å². The molecule has 132 valence electrons. The zero-order chi connectivity index (χ0) is 17.4. The first-order chi connectivity index (χ1) is 12.1. The Kier molecular flexibility index (Phi) is 3.98. The van der Waals surface area contributed by atoms with E-state index in [2.05, 4.69) is 5.32 Å². The van der Waals surface area contributed by atoms with Gasteiger partial charge in [0.2, 0.25) is 5.91 Å². The first-order valence-electron chi connectivity index (χ1n) is 9.09. The molecule has 1 saturated carbocycles. The molecule has 1 atom stereocenters. The molecule has 25 heavy (non-hydrogen) atoms. The van der Waals surface area contributed by atoms with E-state index in [0.29, 0.717) is 19.4 Å². The van der Waals surface area contributed by atoms with Crippen LogP contribution in [0.5, 0.6) is 0 Å². The second-order valence-corrected chi connectivity index (χ2v) is 7.27. The summed E-state index contributed by atoms with van der Waals surface area (Å²) in [6.45, 7) is 0.517. The van der Waals surface area contributed by atoms with Crippen LogP contribution in [-0.4, -0.2) is 46.3 Å². The Morgan fingerprint density at radius 1 is 1.12 bits per heavy atom. The van der Waals surface area contributed by atoms with Crippen molar-refractivity contribution in [2.75, 3.05) is 13.1 Å². The molecule has 0 aromatic heterocycles. The van der Waals surface area contributed by atoms with E-state index in [4.69, 9.17) is 0 Å². The van der Waals surface area contributed by atoms with Gasteiger partial charge in [-0.25, -0.2) is 4.79 Å². The minimum Gasteiger partial charge on any atom is -0.334 e. The first-order valence-corrected chi connectivity index (χ1v) is 9.09. The fourth-order valence-corrected chi connectivity index (χ4v) is 4.45. The van der Waals surface area contributed by atoms with E-state index >= 15 is 0 Å². The van der Waals surface area contributed by atoms with Crippen molar-refractivity contribution < 1.29 is 14.4 Å². The summed E-state index contributed by atoms with van der Waals surface area (Å²) < 4.78 is 0. The Morgan fingerprint density at radius 3 is 2.56 bits per heavy atom. The van der Waals surface area contributed by atoms with Crippen molar-refractivity contribution in [3.05, 3.63) is 35.9 Å². The largest absolute Gasteiger partial charge is 0.334 e. The number of carbonyl (C=O) groups excluding carboxylic acids is 3. The van der Waals surface area contributed by atoms with Gasteiger partial charge in [-0.2, -0.15) is 0 Å². The lowest BCUT2D eigenvalue weighted by Gasteiger charge is -2.27. The SMILES string of the molecule is O=C1NC2(CCCC2)C(=O)N1CC(=O)N1CCC[C@@H]1c1ccccc1. The average molecular weight is 341 g/mol. The Balaban J connectivity index is 1.48. The van der Waals surface area contributed by atoms with Gasteiger partial charge in [0.25, 0.3) is 5.91 Å². The third kappa shape index (κ3) is 2.69. The van der Waals surface area contributed by atoms with Crippen molar-refractivity contribution in [1.82, 2.24) is 15.1 Å². The Morgan fingerprint density at radius 2 is 1.84 bits per heavy atom. The second-order valence-electron chi connectivity index (χ2n) is 7.27. The normalized spacial score (nSPS) is 25.0. The highest BCUT2D eigenvalue weighted by atomic mass is 16.2. The molecule has 1 spiro atoms. The number of likely N-dealkylation sites (tertiary alicyclic amines) is 1. The number of benzene rings is 1. The number of rotatable bonds is 3. The Hall–Kier alpha value is -2.37. The lowest BCUT2D eigenvalue weighted by molar-refractivity contribution is -0.139. The van der Waals surface area contributed by atoms with Crippen LogP contribution in [0.4, 0.5) is 4.79 Å². The molecule has 0 unspecified atom stereocenters. The van der Waals surface area contributed by atoms with Crippen molar-refractivity contribution in [2.45, 2.75) is 50.1 Å². The van der Waals surface area contributed by atoms with Crippen LogP contribution in [0.3, 0.4) is 0 Å². The number of amides is 4. The van der Waals surface area contributed by atoms with E-state index in [1.165, 1.54) is 0 Å². The number of nitrogens with zero attached hydrogens (tertiary/aromatic N) is 2. The summed E-state index contributed by atoms with van der Waals surface area (Å²) >= 11 is 0. The maximum Gasteiger partial charge on any atom is 0.325 e. The Labute approximate surface area is 147 Å². The molecule has 1 N–H and O–H groups in total. The van der Waals surface area contributed by atoms with Gasteiger partial charge < -0.3 is 10.2 Å². The fraction of sp³-hybridized carbons (Fsp3) is 0.526. The molecule has 0 bridgehead atoms. The summed E-state index contributed by atoms with van der Waals surface area (Å²) in [5, 5.41) is 2.83. The highest BCUT2D eigenvalue weighted by Crippen LogP contribution is 2.36. The van der Waals surface area contributed by atoms with E-state index < -0.39 is 11.6 Å². The predicted octanol–water partition coefficient (Wildman–Crippen LogP) is 2.21. The minimum absolute atomic E-state index is 0.0370. The van der Waals surface area contributed by atoms with Gasteiger partial charge in [0.1, 0.15) is 12.1 Å². The second kappa shape index (κ2) is 6.17. The number of hydrogen-bond acceptors (Lipinski definition) is 3. The highest BCUT2D eigenvalue weighted by Gasteiger charge is 2.53. The summed E-state index contributed by atoms with van der Waals surface area (Å²) in [6.07, 6.45) is 5.10.